The first-order valence-electron chi connectivity index (χ1n) is 8.36. The number of epoxide rings is 2. The van der Waals surface area contributed by atoms with Crippen molar-refractivity contribution in [3.63, 3.8) is 0 Å². The molecule has 0 aromatic heterocycles. The van der Waals surface area contributed by atoms with E-state index in [1.165, 1.54) is 45.4 Å². The maximum Gasteiger partial charge on any atom is 0.148 e. The molecule has 122 valence electrons. The van der Waals surface area contributed by atoms with Gasteiger partial charge in [-0.05, 0) is 57.3 Å². The zero-order chi connectivity index (χ0) is 14.8. The molecule has 0 amide bonds. The maximum absolute atomic E-state index is 7.61. The predicted molar refractivity (Wildman–Crippen MR) is 76.7 cm³/mol. The van der Waals surface area contributed by atoms with Crippen molar-refractivity contribution in [2.45, 2.75) is 76.2 Å². The van der Waals surface area contributed by atoms with Crippen LogP contribution in [0.5, 0.6) is 0 Å². The molecule has 2 aliphatic heterocycles. The molecule has 4 rings (SSSR count). The third kappa shape index (κ3) is 4.89. The molecule has 2 saturated carbocycles. The fraction of sp³-hybridized carbons (Fsp3) is 1.00. The number of aliphatic hydroxyl groups excluding tert-OH is 1. The smallest absolute Gasteiger partial charge is 0.148 e. The van der Waals surface area contributed by atoms with E-state index in [2.05, 4.69) is 0 Å². The molecule has 2 N–H and O–H groups in total. The minimum atomic E-state index is -1.17. The molecule has 0 aromatic rings. The first-order valence-corrected chi connectivity index (χ1v) is 8.36. The number of rotatable bonds is 4. The van der Waals surface area contributed by atoms with Gasteiger partial charge in [-0.3, -0.25) is 0 Å². The molecule has 5 heteroatoms. The standard InChI is InChI=1S/C14H22O3.C2H6O2/c1-3-11-13(16-11)5-9(1)7-15-8-10-2-4-12-14(6-10)17-12;1-2(3)4/h9-14H,1-8H2;2-4H,1H3. The summed E-state index contributed by atoms with van der Waals surface area (Å²) < 4.78 is 17.0. The third-order valence-corrected chi connectivity index (χ3v) is 4.93. The Kier molecular flexibility index (Phi) is 5.17. The van der Waals surface area contributed by atoms with E-state index in [0.717, 1.165) is 25.0 Å². The molecule has 0 bridgehead atoms. The highest BCUT2D eigenvalue weighted by Gasteiger charge is 2.45. The van der Waals surface area contributed by atoms with Crippen molar-refractivity contribution in [3.05, 3.63) is 0 Å². The van der Waals surface area contributed by atoms with E-state index < -0.39 is 6.29 Å². The van der Waals surface area contributed by atoms with Crippen LogP contribution in [0.25, 0.3) is 0 Å². The Morgan fingerprint density at radius 1 is 0.857 bits per heavy atom. The lowest BCUT2D eigenvalue weighted by Crippen LogP contribution is -2.22. The lowest BCUT2D eigenvalue weighted by Gasteiger charge is -2.22. The summed E-state index contributed by atoms with van der Waals surface area (Å²) in [7, 11) is 0. The average molecular weight is 300 g/mol. The summed E-state index contributed by atoms with van der Waals surface area (Å²) in [5, 5.41) is 15.2. The lowest BCUT2D eigenvalue weighted by atomic mass is 9.89. The number of hydrogen-bond acceptors (Lipinski definition) is 5. The van der Waals surface area contributed by atoms with Gasteiger partial charge in [-0.2, -0.15) is 0 Å². The Bertz CT molecular complexity index is 304. The van der Waals surface area contributed by atoms with Gasteiger partial charge in [0.15, 0.2) is 0 Å². The van der Waals surface area contributed by atoms with Crippen molar-refractivity contribution in [2.24, 2.45) is 11.8 Å². The fourth-order valence-electron chi connectivity index (χ4n) is 3.68. The Morgan fingerprint density at radius 2 is 1.29 bits per heavy atom. The molecular weight excluding hydrogens is 272 g/mol. The van der Waals surface area contributed by atoms with Crippen LogP contribution in [0.3, 0.4) is 0 Å². The SMILES string of the molecule is C1CC2OC2CC1COCC1CCC2OC2C1.CC(O)O. The molecule has 6 unspecified atom stereocenters. The van der Waals surface area contributed by atoms with Gasteiger partial charge in [0.05, 0.1) is 24.4 Å². The van der Waals surface area contributed by atoms with Crippen LogP contribution in [0.4, 0.5) is 0 Å². The summed E-state index contributed by atoms with van der Waals surface area (Å²) in [6.45, 7) is 3.19. The van der Waals surface area contributed by atoms with Gasteiger partial charge in [-0.15, -0.1) is 0 Å². The first kappa shape index (κ1) is 15.7. The summed E-state index contributed by atoms with van der Waals surface area (Å²) >= 11 is 0. The normalized spacial score (nSPS) is 43.4. The van der Waals surface area contributed by atoms with Crippen LogP contribution < -0.4 is 0 Å². The molecule has 2 aliphatic carbocycles. The van der Waals surface area contributed by atoms with E-state index in [-0.39, 0.29) is 0 Å². The van der Waals surface area contributed by atoms with Crippen LogP contribution in [0.2, 0.25) is 0 Å². The van der Waals surface area contributed by atoms with Gasteiger partial charge in [0.25, 0.3) is 0 Å². The average Bonchev–Trinajstić information content (AvgIpc) is 3.32. The molecule has 2 heterocycles. The van der Waals surface area contributed by atoms with E-state index in [0.29, 0.717) is 24.4 Å². The highest BCUT2D eigenvalue weighted by Crippen LogP contribution is 2.41. The van der Waals surface area contributed by atoms with E-state index in [9.17, 15) is 0 Å². The second-order valence-corrected chi connectivity index (χ2v) is 6.95. The van der Waals surface area contributed by atoms with E-state index in [4.69, 9.17) is 24.4 Å². The molecular formula is C16H28O5. The third-order valence-electron chi connectivity index (χ3n) is 4.93. The summed E-state index contributed by atoms with van der Waals surface area (Å²) in [5.41, 5.74) is 0. The topological polar surface area (TPSA) is 74.8 Å². The second kappa shape index (κ2) is 6.92. The van der Waals surface area contributed by atoms with Crippen LogP contribution >= 0.6 is 0 Å². The quantitative estimate of drug-likeness (QED) is 0.607. The predicted octanol–water partition coefficient (Wildman–Crippen LogP) is 1.45. The fourth-order valence-corrected chi connectivity index (χ4v) is 3.68. The van der Waals surface area contributed by atoms with Crippen LogP contribution in [0.15, 0.2) is 0 Å². The van der Waals surface area contributed by atoms with E-state index in [1.807, 2.05) is 0 Å². The minimum absolute atomic E-state index is 0.590. The molecule has 2 saturated heterocycles. The van der Waals surface area contributed by atoms with E-state index >= 15 is 0 Å². The van der Waals surface area contributed by atoms with Crippen molar-refractivity contribution in [2.75, 3.05) is 13.2 Å². The molecule has 4 fully saturated rings. The number of ether oxygens (including phenoxy) is 3. The zero-order valence-corrected chi connectivity index (χ0v) is 12.8. The minimum Gasteiger partial charge on any atom is -0.381 e. The first-order chi connectivity index (χ1) is 10.1. The van der Waals surface area contributed by atoms with Crippen molar-refractivity contribution < 1.29 is 24.4 Å². The number of aliphatic hydroxyl groups is 2. The van der Waals surface area contributed by atoms with Crippen LogP contribution in [0, 0.1) is 11.8 Å². The molecule has 5 nitrogen and oxygen atoms in total. The van der Waals surface area contributed by atoms with Crippen molar-refractivity contribution in [1.29, 1.82) is 0 Å². The summed E-state index contributed by atoms with van der Waals surface area (Å²) in [5.74, 6) is 1.51. The van der Waals surface area contributed by atoms with Crippen LogP contribution in [-0.4, -0.2) is 54.1 Å². The van der Waals surface area contributed by atoms with Gasteiger partial charge >= 0.3 is 0 Å². The Labute approximate surface area is 126 Å². The van der Waals surface area contributed by atoms with Gasteiger partial charge < -0.3 is 24.4 Å². The Balaban J connectivity index is 0.000000298. The van der Waals surface area contributed by atoms with Gasteiger partial charge in [0.1, 0.15) is 6.29 Å². The van der Waals surface area contributed by atoms with Crippen molar-refractivity contribution in [3.8, 4) is 0 Å². The largest absolute Gasteiger partial charge is 0.381 e. The molecule has 0 radical (unpaired) electrons. The van der Waals surface area contributed by atoms with Gasteiger partial charge in [-0.1, -0.05) is 0 Å². The molecule has 0 aromatic carbocycles. The van der Waals surface area contributed by atoms with Crippen LogP contribution in [-0.2, 0) is 14.2 Å². The molecule has 0 spiro atoms. The molecule has 4 aliphatic rings. The highest BCUT2D eigenvalue weighted by molar-refractivity contribution is 4.93. The van der Waals surface area contributed by atoms with Gasteiger partial charge in [0.2, 0.25) is 0 Å². The van der Waals surface area contributed by atoms with Crippen LogP contribution in [0.1, 0.15) is 45.4 Å². The highest BCUT2D eigenvalue weighted by atomic mass is 16.6. The maximum atomic E-state index is 7.61. The summed E-state index contributed by atoms with van der Waals surface area (Å²) in [6, 6.07) is 0. The van der Waals surface area contributed by atoms with Gasteiger partial charge in [-0.25, -0.2) is 0 Å². The molecule has 21 heavy (non-hydrogen) atoms. The number of hydrogen-bond donors (Lipinski definition) is 2. The van der Waals surface area contributed by atoms with Crippen molar-refractivity contribution >= 4 is 0 Å². The zero-order valence-electron chi connectivity index (χ0n) is 12.8. The Morgan fingerprint density at radius 3 is 1.67 bits per heavy atom. The Hall–Kier alpha value is -0.200. The van der Waals surface area contributed by atoms with E-state index in [1.54, 1.807) is 0 Å². The van der Waals surface area contributed by atoms with Gasteiger partial charge in [0, 0.05) is 13.2 Å². The van der Waals surface area contributed by atoms with Crippen molar-refractivity contribution in [1.82, 2.24) is 0 Å². The second-order valence-electron chi connectivity index (χ2n) is 6.95. The summed E-state index contributed by atoms with van der Waals surface area (Å²) in [6.07, 6.45) is 8.87. The monoisotopic (exact) mass is 300 g/mol. The number of fused-ring (bicyclic) bond motifs is 2. The lowest BCUT2D eigenvalue weighted by molar-refractivity contribution is -0.0228. The molecule has 6 atom stereocenters. The summed E-state index contributed by atoms with van der Waals surface area (Å²) in [4.78, 5) is 0.